The highest BCUT2D eigenvalue weighted by molar-refractivity contribution is 7.92. The van der Waals surface area contributed by atoms with E-state index in [1.807, 2.05) is 13.0 Å². The molecule has 1 amide bonds. The molecular weight excluding hydrogens is 358 g/mol. The summed E-state index contributed by atoms with van der Waals surface area (Å²) >= 11 is 1.30. The number of thiazole rings is 1. The molecule has 0 spiro atoms. The third-order valence-electron chi connectivity index (χ3n) is 3.51. The summed E-state index contributed by atoms with van der Waals surface area (Å²) < 4.78 is 28.4. The minimum Gasteiger partial charge on any atom is -0.302 e. The zero-order valence-corrected chi connectivity index (χ0v) is 15.4. The number of amides is 1. The molecule has 0 fully saturated rings. The molecule has 0 atom stereocenters. The van der Waals surface area contributed by atoms with E-state index in [1.165, 1.54) is 11.3 Å². The molecule has 25 heavy (non-hydrogen) atoms. The normalized spacial score (nSPS) is 11.4. The highest BCUT2D eigenvalue weighted by Gasteiger charge is 2.15. The zero-order chi connectivity index (χ0) is 18.0. The van der Waals surface area contributed by atoms with Crippen LogP contribution in [0, 0.1) is 6.92 Å². The molecule has 3 rings (SSSR count). The number of sulfonamides is 1. The minimum atomic E-state index is -3.66. The van der Waals surface area contributed by atoms with Crippen LogP contribution < -0.4 is 10.0 Å². The summed E-state index contributed by atoms with van der Waals surface area (Å²) in [6.07, 6.45) is 0.372. The fourth-order valence-corrected chi connectivity index (χ4v) is 4.32. The molecule has 0 aliphatic heterocycles. The second kappa shape index (κ2) is 6.81. The maximum Gasteiger partial charge on any atom is 0.261 e. The van der Waals surface area contributed by atoms with Gasteiger partial charge in [-0.15, -0.1) is 0 Å². The first-order valence-corrected chi connectivity index (χ1v) is 9.97. The van der Waals surface area contributed by atoms with Crippen molar-refractivity contribution in [3.8, 4) is 0 Å². The predicted molar refractivity (Wildman–Crippen MR) is 101 cm³/mol. The van der Waals surface area contributed by atoms with Crippen molar-refractivity contribution < 1.29 is 13.2 Å². The zero-order valence-electron chi connectivity index (χ0n) is 13.7. The Kier molecular flexibility index (Phi) is 4.73. The molecule has 0 unspecified atom stereocenters. The van der Waals surface area contributed by atoms with Crippen LogP contribution in [0.1, 0.15) is 18.9 Å². The van der Waals surface area contributed by atoms with Crippen molar-refractivity contribution in [1.82, 2.24) is 4.98 Å². The number of aromatic nitrogens is 1. The van der Waals surface area contributed by atoms with Gasteiger partial charge in [0.05, 0.1) is 20.8 Å². The second-order valence-electron chi connectivity index (χ2n) is 5.53. The number of anilines is 2. The number of aryl methyl sites for hydroxylation is 1. The van der Waals surface area contributed by atoms with Crippen molar-refractivity contribution in [3.63, 3.8) is 0 Å². The number of carbonyl (C=O) groups is 1. The third-order valence-corrected chi connectivity index (χ3v) is 5.82. The fourth-order valence-electron chi connectivity index (χ4n) is 2.25. The number of carbonyl (C=O) groups excluding carboxylic acids is 1. The maximum absolute atomic E-state index is 12.5. The number of nitrogens with one attached hydrogen (secondary N) is 2. The average molecular weight is 375 g/mol. The van der Waals surface area contributed by atoms with E-state index in [0.29, 0.717) is 22.8 Å². The van der Waals surface area contributed by atoms with E-state index in [-0.39, 0.29) is 10.8 Å². The van der Waals surface area contributed by atoms with E-state index in [2.05, 4.69) is 15.0 Å². The Morgan fingerprint density at radius 1 is 1.20 bits per heavy atom. The molecule has 6 nitrogen and oxygen atoms in total. The lowest BCUT2D eigenvalue weighted by Gasteiger charge is -2.08. The first kappa shape index (κ1) is 17.4. The maximum atomic E-state index is 12.5. The van der Waals surface area contributed by atoms with E-state index in [4.69, 9.17) is 0 Å². The lowest BCUT2D eigenvalue weighted by molar-refractivity contribution is -0.115. The van der Waals surface area contributed by atoms with E-state index >= 15 is 0 Å². The molecule has 0 aliphatic rings. The molecule has 0 bridgehead atoms. The van der Waals surface area contributed by atoms with Crippen LogP contribution in [0.5, 0.6) is 0 Å². The Morgan fingerprint density at radius 3 is 2.72 bits per heavy atom. The van der Waals surface area contributed by atoms with E-state index in [0.717, 1.165) is 10.3 Å². The van der Waals surface area contributed by atoms with E-state index < -0.39 is 10.0 Å². The Morgan fingerprint density at radius 2 is 2.00 bits per heavy atom. The van der Waals surface area contributed by atoms with Crippen LogP contribution in [0.15, 0.2) is 47.4 Å². The quantitative estimate of drug-likeness (QED) is 0.711. The first-order chi connectivity index (χ1) is 11.9. The van der Waals surface area contributed by atoms with Gasteiger partial charge < -0.3 is 5.32 Å². The first-order valence-electron chi connectivity index (χ1n) is 7.67. The molecule has 0 aliphatic carbocycles. The largest absolute Gasteiger partial charge is 0.302 e. The number of fused-ring (bicyclic) bond motifs is 1. The van der Waals surface area contributed by atoms with Gasteiger partial charge in [0.1, 0.15) is 0 Å². The molecule has 3 aromatic rings. The van der Waals surface area contributed by atoms with Gasteiger partial charge in [0, 0.05) is 6.42 Å². The Bertz CT molecular complexity index is 1040. The standard InChI is InChI=1S/C17H17N3O3S2/c1-3-16(21)19-17-18-14-8-7-12(10-15(14)24-17)20-25(22,23)13-6-4-5-11(2)9-13/h4-10,20H,3H2,1-2H3,(H,18,19,21). The van der Waals surface area contributed by atoms with Crippen molar-refractivity contribution in [1.29, 1.82) is 0 Å². The van der Waals surface area contributed by atoms with Crippen LogP contribution in [-0.4, -0.2) is 19.3 Å². The van der Waals surface area contributed by atoms with Crippen LogP contribution in [0.25, 0.3) is 10.2 Å². The number of hydrogen-bond acceptors (Lipinski definition) is 5. The van der Waals surface area contributed by atoms with Gasteiger partial charge in [0.15, 0.2) is 5.13 Å². The van der Waals surface area contributed by atoms with Gasteiger partial charge in [-0.3, -0.25) is 9.52 Å². The number of nitrogens with zero attached hydrogens (tertiary/aromatic N) is 1. The van der Waals surface area contributed by atoms with E-state index in [9.17, 15) is 13.2 Å². The number of benzene rings is 2. The monoisotopic (exact) mass is 375 g/mol. The smallest absolute Gasteiger partial charge is 0.261 e. The minimum absolute atomic E-state index is 0.112. The fraction of sp³-hybridized carbons (Fsp3) is 0.176. The molecule has 1 heterocycles. The molecule has 0 radical (unpaired) electrons. The van der Waals surface area contributed by atoms with Gasteiger partial charge in [-0.2, -0.15) is 0 Å². The van der Waals surface area contributed by atoms with Crippen molar-refractivity contribution >= 4 is 48.3 Å². The summed E-state index contributed by atoms with van der Waals surface area (Å²) in [5, 5.41) is 3.21. The number of hydrogen-bond donors (Lipinski definition) is 2. The molecular formula is C17H17N3O3S2. The van der Waals surface area contributed by atoms with Gasteiger partial charge >= 0.3 is 0 Å². The van der Waals surface area contributed by atoms with Crippen LogP contribution in [0.3, 0.4) is 0 Å². The van der Waals surface area contributed by atoms with Crippen LogP contribution in [0.4, 0.5) is 10.8 Å². The van der Waals surface area contributed by atoms with Gasteiger partial charge in [-0.1, -0.05) is 30.4 Å². The number of rotatable bonds is 5. The lowest BCUT2D eigenvalue weighted by Crippen LogP contribution is -2.12. The average Bonchev–Trinajstić information content (AvgIpc) is 2.95. The van der Waals surface area contributed by atoms with Crippen LogP contribution in [0.2, 0.25) is 0 Å². The third kappa shape index (κ3) is 3.97. The Labute approximate surface area is 150 Å². The van der Waals surface area contributed by atoms with Gasteiger partial charge in [-0.25, -0.2) is 13.4 Å². The molecule has 2 aromatic carbocycles. The highest BCUT2D eigenvalue weighted by Crippen LogP contribution is 2.29. The summed E-state index contributed by atoms with van der Waals surface area (Å²) in [7, 11) is -3.66. The van der Waals surface area contributed by atoms with Crippen molar-refractivity contribution in [3.05, 3.63) is 48.0 Å². The SMILES string of the molecule is CCC(=O)Nc1nc2ccc(NS(=O)(=O)c3cccc(C)c3)cc2s1. The Hall–Kier alpha value is -2.45. The summed E-state index contributed by atoms with van der Waals surface area (Å²) in [5.74, 6) is -0.112. The Balaban J connectivity index is 1.87. The highest BCUT2D eigenvalue weighted by atomic mass is 32.2. The van der Waals surface area contributed by atoms with Crippen molar-refractivity contribution in [2.75, 3.05) is 10.0 Å². The molecule has 1 aromatic heterocycles. The summed E-state index contributed by atoms with van der Waals surface area (Å²) in [6.45, 7) is 3.61. The molecule has 0 saturated heterocycles. The lowest BCUT2D eigenvalue weighted by atomic mass is 10.2. The van der Waals surface area contributed by atoms with Gasteiger partial charge in [0.25, 0.3) is 10.0 Å². The predicted octanol–water partition coefficient (Wildman–Crippen LogP) is 3.75. The van der Waals surface area contributed by atoms with Crippen LogP contribution in [-0.2, 0) is 14.8 Å². The molecule has 8 heteroatoms. The molecule has 0 saturated carbocycles. The van der Waals surface area contributed by atoms with Crippen LogP contribution >= 0.6 is 11.3 Å². The van der Waals surface area contributed by atoms with Crippen molar-refractivity contribution in [2.24, 2.45) is 0 Å². The van der Waals surface area contributed by atoms with E-state index in [1.54, 1.807) is 43.3 Å². The van der Waals surface area contributed by atoms with Crippen molar-refractivity contribution in [2.45, 2.75) is 25.2 Å². The summed E-state index contributed by atoms with van der Waals surface area (Å²) in [4.78, 5) is 16.0. The van der Waals surface area contributed by atoms with Gasteiger partial charge in [0.2, 0.25) is 5.91 Å². The second-order valence-corrected chi connectivity index (χ2v) is 8.24. The molecule has 2 N–H and O–H groups in total. The van der Waals surface area contributed by atoms with Gasteiger partial charge in [-0.05, 0) is 42.8 Å². The summed E-state index contributed by atoms with van der Waals surface area (Å²) in [5.41, 5.74) is 2.03. The summed E-state index contributed by atoms with van der Waals surface area (Å²) in [6, 6.07) is 11.8. The topological polar surface area (TPSA) is 88.2 Å². The molecule has 130 valence electrons.